The molecule has 1 rings (SSSR count). The summed E-state index contributed by atoms with van der Waals surface area (Å²) in [7, 11) is 0. The third-order valence-electron chi connectivity index (χ3n) is 2.14. The molecule has 1 aromatic rings. The Hall–Kier alpha value is -1.89. The first kappa shape index (κ1) is 15.2. The number of nitrogens with one attached hydrogen (secondary N) is 1. The third-order valence-corrected chi connectivity index (χ3v) is 2.14. The molecule has 0 atom stereocenters. The van der Waals surface area contributed by atoms with E-state index in [0.29, 0.717) is 0 Å². The minimum atomic E-state index is -4.71. The largest absolute Gasteiger partial charge is 0.435 e. The number of rotatable bonds is 3. The second-order valence-electron chi connectivity index (χ2n) is 4.32. The van der Waals surface area contributed by atoms with Gasteiger partial charge in [0.15, 0.2) is 5.71 Å². The minimum Gasteiger partial charge on any atom is -0.381 e. The quantitative estimate of drug-likeness (QED) is 0.652. The second-order valence-corrected chi connectivity index (χ2v) is 4.32. The molecule has 4 nitrogen and oxygen atoms in total. The van der Waals surface area contributed by atoms with Crippen molar-refractivity contribution in [2.24, 2.45) is 5.10 Å². The first-order valence-corrected chi connectivity index (χ1v) is 5.35. The number of alkyl halides is 3. The average Bonchev–Trinajstić information content (AvgIpc) is 2.27. The number of carbonyl (C=O) groups is 1. The van der Waals surface area contributed by atoms with Crippen molar-refractivity contribution in [1.82, 2.24) is 5.43 Å². The van der Waals surface area contributed by atoms with Crippen molar-refractivity contribution in [2.75, 3.05) is 0 Å². The summed E-state index contributed by atoms with van der Waals surface area (Å²) in [6.45, 7) is 2.29. The van der Waals surface area contributed by atoms with Crippen molar-refractivity contribution in [3.8, 4) is 0 Å². The maximum Gasteiger partial charge on any atom is 0.435 e. The van der Waals surface area contributed by atoms with Gasteiger partial charge in [-0.25, -0.2) is 5.43 Å². The van der Waals surface area contributed by atoms with E-state index in [-0.39, 0.29) is 5.56 Å². The van der Waals surface area contributed by atoms with Gasteiger partial charge < -0.3 is 5.11 Å². The van der Waals surface area contributed by atoms with Gasteiger partial charge in [-0.1, -0.05) is 30.3 Å². The SMILES string of the molecule is CC(C)(O)C(=O)N/N=C(\c1ccccc1)C(F)(F)F. The fourth-order valence-corrected chi connectivity index (χ4v) is 1.13. The Morgan fingerprint density at radius 2 is 1.74 bits per heavy atom. The number of aliphatic hydroxyl groups is 1. The molecule has 0 spiro atoms. The van der Waals surface area contributed by atoms with Crippen molar-refractivity contribution >= 4 is 11.6 Å². The Balaban J connectivity index is 3.04. The minimum absolute atomic E-state index is 0.175. The van der Waals surface area contributed by atoms with E-state index in [1.165, 1.54) is 24.3 Å². The van der Waals surface area contributed by atoms with Gasteiger partial charge in [0.1, 0.15) is 5.60 Å². The molecule has 0 unspecified atom stereocenters. The van der Waals surface area contributed by atoms with Crippen LogP contribution in [0.15, 0.2) is 35.4 Å². The van der Waals surface area contributed by atoms with E-state index < -0.39 is 23.4 Å². The lowest BCUT2D eigenvalue weighted by atomic mass is 10.1. The molecule has 0 aromatic heterocycles. The standard InChI is InChI=1S/C12H13F3N2O2/c1-11(2,19)10(18)17-16-9(12(13,14)15)8-6-4-3-5-7-8/h3-7,19H,1-2H3,(H,17,18)/b16-9+. The van der Waals surface area contributed by atoms with Gasteiger partial charge in [-0.05, 0) is 13.8 Å². The number of nitrogens with zero attached hydrogens (tertiary/aromatic N) is 1. The molecule has 0 aliphatic carbocycles. The third kappa shape index (κ3) is 4.36. The lowest BCUT2D eigenvalue weighted by molar-refractivity contribution is -0.136. The number of hydrazone groups is 1. The Morgan fingerprint density at radius 1 is 1.21 bits per heavy atom. The number of amides is 1. The molecule has 1 aromatic carbocycles. The highest BCUT2D eigenvalue weighted by Crippen LogP contribution is 2.22. The van der Waals surface area contributed by atoms with Gasteiger partial charge in [0.25, 0.3) is 5.91 Å². The van der Waals surface area contributed by atoms with Gasteiger partial charge in [-0.2, -0.15) is 18.3 Å². The van der Waals surface area contributed by atoms with Crippen molar-refractivity contribution in [2.45, 2.75) is 25.6 Å². The lowest BCUT2D eigenvalue weighted by Gasteiger charge is -2.16. The number of carbonyl (C=O) groups excluding carboxylic acids is 1. The Labute approximate surface area is 107 Å². The molecule has 0 saturated heterocycles. The zero-order valence-electron chi connectivity index (χ0n) is 10.3. The number of halogens is 3. The normalized spacial score (nSPS) is 13.3. The average molecular weight is 274 g/mol. The molecule has 19 heavy (non-hydrogen) atoms. The summed E-state index contributed by atoms with van der Waals surface area (Å²) in [5.41, 5.74) is -1.51. The summed E-state index contributed by atoms with van der Waals surface area (Å²) in [5.74, 6) is -1.02. The van der Waals surface area contributed by atoms with Crippen LogP contribution in [0.1, 0.15) is 19.4 Å². The van der Waals surface area contributed by atoms with E-state index >= 15 is 0 Å². The first-order valence-electron chi connectivity index (χ1n) is 5.35. The van der Waals surface area contributed by atoms with Gasteiger partial charge in [0.05, 0.1) is 0 Å². The predicted octanol–water partition coefficient (Wildman–Crippen LogP) is 1.84. The van der Waals surface area contributed by atoms with Crippen LogP contribution < -0.4 is 5.43 Å². The number of benzene rings is 1. The van der Waals surface area contributed by atoms with E-state index in [1.807, 2.05) is 0 Å². The van der Waals surface area contributed by atoms with E-state index in [4.69, 9.17) is 0 Å². The van der Waals surface area contributed by atoms with Crippen LogP contribution in [0.25, 0.3) is 0 Å². The van der Waals surface area contributed by atoms with Crippen LogP contribution in [-0.4, -0.2) is 28.5 Å². The Bertz CT molecular complexity index is 476. The van der Waals surface area contributed by atoms with Crippen LogP contribution in [0.2, 0.25) is 0 Å². The molecular weight excluding hydrogens is 261 g/mol. The van der Waals surface area contributed by atoms with Gasteiger partial charge in [-0.3, -0.25) is 4.79 Å². The highest BCUT2D eigenvalue weighted by atomic mass is 19.4. The summed E-state index contributed by atoms with van der Waals surface area (Å²) in [6.07, 6.45) is -4.71. The van der Waals surface area contributed by atoms with Crippen LogP contribution in [0.3, 0.4) is 0 Å². The summed E-state index contributed by atoms with van der Waals surface area (Å²) >= 11 is 0. The summed E-state index contributed by atoms with van der Waals surface area (Å²) in [4.78, 5) is 11.3. The Kier molecular flexibility index (Phi) is 4.31. The molecule has 0 aliphatic heterocycles. The molecule has 7 heteroatoms. The Morgan fingerprint density at radius 3 is 2.16 bits per heavy atom. The van der Waals surface area contributed by atoms with Gasteiger partial charge >= 0.3 is 6.18 Å². The molecule has 0 radical (unpaired) electrons. The second kappa shape index (κ2) is 5.40. The topological polar surface area (TPSA) is 61.7 Å². The maximum absolute atomic E-state index is 12.8. The summed E-state index contributed by atoms with van der Waals surface area (Å²) in [5, 5.41) is 12.4. The monoisotopic (exact) mass is 274 g/mol. The molecule has 1 amide bonds. The smallest absolute Gasteiger partial charge is 0.381 e. The maximum atomic E-state index is 12.8. The van der Waals surface area contributed by atoms with Gasteiger partial charge in [0, 0.05) is 5.56 Å². The molecule has 0 bridgehead atoms. The highest BCUT2D eigenvalue weighted by Gasteiger charge is 2.37. The molecule has 104 valence electrons. The number of hydrogen-bond donors (Lipinski definition) is 2. The van der Waals surface area contributed by atoms with Crippen molar-refractivity contribution in [3.63, 3.8) is 0 Å². The molecule has 2 N–H and O–H groups in total. The van der Waals surface area contributed by atoms with E-state index in [1.54, 1.807) is 11.5 Å². The van der Waals surface area contributed by atoms with Crippen LogP contribution >= 0.6 is 0 Å². The predicted molar refractivity (Wildman–Crippen MR) is 63.5 cm³/mol. The lowest BCUT2D eigenvalue weighted by Crippen LogP contribution is -2.41. The fourth-order valence-electron chi connectivity index (χ4n) is 1.13. The first-order chi connectivity index (χ1) is 8.62. The van der Waals surface area contributed by atoms with Crippen molar-refractivity contribution < 1.29 is 23.1 Å². The zero-order chi connectivity index (χ0) is 14.7. The van der Waals surface area contributed by atoms with Crippen LogP contribution in [0, 0.1) is 0 Å². The fraction of sp³-hybridized carbons (Fsp3) is 0.333. The van der Waals surface area contributed by atoms with E-state index in [0.717, 1.165) is 13.8 Å². The van der Waals surface area contributed by atoms with Gasteiger partial charge in [-0.15, -0.1) is 0 Å². The van der Waals surface area contributed by atoms with Crippen molar-refractivity contribution in [1.29, 1.82) is 0 Å². The number of hydrogen-bond acceptors (Lipinski definition) is 3. The van der Waals surface area contributed by atoms with Crippen molar-refractivity contribution in [3.05, 3.63) is 35.9 Å². The van der Waals surface area contributed by atoms with Crippen LogP contribution in [-0.2, 0) is 4.79 Å². The molecular formula is C12H13F3N2O2. The summed E-state index contributed by atoms with van der Waals surface area (Å²) < 4.78 is 38.4. The zero-order valence-corrected chi connectivity index (χ0v) is 10.3. The van der Waals surface area contributed by atoms with Crippen LogP contribution in [0.4, 0.5) is 13.2 Å². The van der Waals surface area contributed by atoms with Gasteiger partial charge in [0.2, 0.25) is 0 Å². The molecule has 0 saturated carbocycles. The van der Waals surface area contributed by atoms with E-state index in [2.05, 4.69) is 5.10 Å². The summed E-state index contributed by atoms with van der Waals surface area (Å²) in [6, 6.07) is 6.86. The van der Waals surface area contributed by atoms with E-state index in [9.17, 15) is 23.1 Å². The molecule has 0 aliphatic rings. The highest BCUT2D eigenvalue weighted by molar-refractivity contribution is 6.05. The van der Waals surface area contributed by atoms with Crippen LogP contribution in [0.5, 0.6) is 0 Å². The molecule has 0 fully saturated rings. The molecule has 0 heterocycles.